The molecule has 64 valence electrons. The summed E-state index contributed by atoms with van der Waals surface area (Å²) >= 11 is 1.44. The molecule has 0 fully saturated rings. The summed E-state index contributed by atoms with van der Waals surface area (Å²) < 4.78 is 1.81. The first kappa shape index (κ1) is 8.93. The molecule has 0 aliphatic rings. The lowest BCUT2D eigenvalue weighted by atomic mass is 10.4. The van der Waals surface area contributed by atoms with Gasteiger partial charge in [0.05, 0.1) is 0 Å². The van der Waals surface area contributed by atoms with Crippen molar-refractivity contribution in [1.82, 2.24) is 4.57 Å². The molecule has 0 aromatic carbocycles. The minimum Gasteiger partial charge on any atom is -0.327 e. The fraction of sp³-hybridized carbons (Fsp3) is 0.250. The van der Waals surface area contributed by atoms with Crippen LogP contribution in [0.25, 0.3) is 0 Å². The number of nitrogens with zero attached hydrogens (tertiary/aromatic N) is 2. The van der Waals surface area contributed by atoms with Crippen molar-refractivity contribution in [2.75, 3.05) is 0 Å². The van der Waals surface area contributed by atoms with Crippen LogP contribution < -0.4 is 4.80 Å². The summed E-state index contributed by atoms with van der Waals surface area (Å²) in [5.41, 5.74) is 0. The van der Waals surface area contributed by atoms with Crippen molar-refractivity contribution in [3.63, 3.8) is 0 Å². The lowest BCUT2D eigenvalue weighted by Crippen LogP contribution is -2.11. The van der Waals surface area contributed by atoms with E-state index in [-0.39, 0.29) is 5.91 Å². The van der Waals surface area contributed by atoms with Gasteiger partial charge in [-0.05, 0) is 0 Å². The van der Waals surface area contributed by atoms with Crippen LogP contribution in [0.5, 0.6) is 0 Å². The van der Waals surface area contributed by atoms with E-state index in [1.54, 1.807) is 6.08 Å². The number of carbonyl (C=O) groups is 1. The van der Waals surface area contributed by atoms with Crippen LogP contribution in [0.4, 0.5) is 0 Å². The summed E-state index contributed by atoms with van der Waals surface area (Å²) in [5.74, 6) is -0.150. The smallest absolute Gasteiger partial charge is 0.252 e. The Kier molecular flexibility index (Phi) is 2.99. The third kappa shape index (κ3) is 2.17. The maximum Gasteiger partial charge on any atom is 0.252 e. The Morgan fingerprint density at radius 3 is 3.17 bits per heavy atom. The van der Waals surface area contributed by atoms with E-state index >= 15 is 0 Å². The summed E-state index contributed by atoms with van der Waals surface area (Å²) in [6, 6.07) is 0. The van der Waals surface area contributed by atoms with Crippen LogP contribution in [0.1, 0.15) is 6.42 Å². The molecule has 0 saturated heterocycles. The highest BCUT2D eigenvalue weighted by Gasteiger charge is 1.94. The maximum absolute atomic E-state index is 11.0. The highest BCUT2D eigenvalue weighted by atomic mass is 32.1. The van der Waals surface area contributed by atoms with Gasteiger partial charge in [0.1, 0.15) is 0 Å². The van der Waals surface area contributed by atoms with Crippen molar-refractivity contribution in [3.8, 4) is 0 Å². The summed E-state index contributed by atoms with van der Waals surface area (Å²) in [5, 5.41) is 1.89. The Morgan fingerprint density at radius 2 is 2.67 bits per heavy atom. The molecular formula is C8H10N2OS. The van der Waals surface area contributed by atoms with E-state index in [0.717, 1.165) is 4.80 Å². The standard InChI is InChI=1S/C8H10N2OS/c1-3-4-7(11)9-8-10(2)5-6-12-8/h3,5-6H,1,4H2,2H3. The van der Waals surface area contributed by atoms with Crippen molar-refractivity contribution in [2.45, 2.75) is 6.42 Å². The zero-order valence-electron chi connectivity index (χ0n) is 6.86. The second-order valence-corrected chi connectivity index (χ2v) is 3.17. The average Bonchev–Trinajstić information content (AvgIpc) is 2.37. The monoisotopic (exact) mass is 182 g/mol. The summed E-state index contributed by atoms with van der Waals surface area (Å²) in [6.45, 7) is 3.47. The number of aromatic nitrogens is 1. The number of hydrogen-bond donors (Lipinski definition) is 0. The number of hydrogen-bond acceptors (Lipinski definition) is 2. The van der Waals surface area contributed by atoms with E-state index in [1.807, 2.05) is 23.2 Å². The number of carbonyl (C=O) groups excluding carboxylic acids is 1. The molecule has 1 amide bonds. The van der Waals surface area contributed by atoms with Gasteiger partial charge in [-0.3, -0.25) is 4.79 Å². The molecule has 0 saturated carbocycles. The van der Waals surface area contributed by atoms with E-state index in [9.17, 15) is 4.79 Å². The summed E-state index contributed by atoms with van der Waals surface area (Å²) in [7, 11) is 1.86. The van der Waals surface area contributed by atoms with Gasteiger partial charge in [-0.15, -0.1) is 17.9 Å². The van der Waals surface area contributed by atoms with E-state index in [2.05, 4.69) is 11.6 Å². The molecule has 0 unspecified atom stereocenters. The molecule has 1 heterocycles. The summed E-state index contributed by atoms with van der Waals surface area (Å²) in [6.07, 6.45) is 3.72. The molecule has 0 aliphatic carbocycles. The fourth-order valence-corrected chi connectivity index (χ4v) is 1.46. The van der Waals surface area contributed by atoms with E-state index < -0.39 is 0 Å². The Balaban J connectivity index is 2.89. The van der Waals surface area contributed by atoms with Gasteiger partial charge >= 0.3 is 0 Å². The predicted octanol–water partition coefficient (Wildman–Crippen LogP) is 1.09. The van der Waals surface area contributed by atoms with Crippen LogP contribution in [0.3, 0.4) is 0 Å². The Labute approximate surface area is 74.7 Å². The van der Waals surface area contributed by atoms with E-state index in [1.165, 1.54) is 11.3 Å². The van der Waals surface area contributed by atoms with Crippen molar-refractivity contribution in [2.24, 2.45) is 12.0 Å². The molecule has 1 rings (SSSR count). The molecule has 4 heteroatoms. The van der Waals surface area contributed by atoms with E-state index in [4.69, 9.17) is 0 Å². The normalized spacial score (nSPS) is 11.6. The lowest BCUT2D eigenvalue weighted by Gasteiger charge is -1.88. The zero-order valence-corrected chi connectivity index (χ0v) is 7.67. The van der Waals surface area contributed by atoms with Crippen LogP contribution in [-0.2, 0) is 11.8 Å². The Morgan fingerprint density at radius 1 is 1.92 bits per heavy atom. The lowest BCUT2D eigenvalue weighted by molar-refractivity contribution is -0.117. The molecule has 1 aromatic heterocycles. The second kappa shape index (κ2) is 4.01. The van der Waals surface area contributed by atoms with Gasteiger partial charge in [0.2, 0.25) is 0 Å². The van der Waals surface area contributed by atoms with Crippen LogP contribution in [0, 0.1) is 0 Å². The number of rotatable bonds is 2. The molecule has 0 atom stereocenters. The SMILES string of the molecule is C=CCC(=O)N=c1sccn1C. The first-order chi connectivity index (χ1) is 5.74. The van der Waals surface area contributed by atoms with Gasteiger partial charge in [-0.2, -0.15) is 4.99 Å². The largest absolute Gasteiger partial charge is 0.327 e. The van der Waals surface area contributed by atoms with Gasteiger partial charge in [0.25, 0.3) is 5.91 Å². The molecule has 0 aliphatic heterocycles. The number of amides is 1. The Bertz CT molecular complexity index is 348. The quantitative estimate of drug-likeness (QED) is 0.630. The molecule has 1 aromatic rings. The fourth-order valence-electron chi connectivity index (χ4n) is 0.710. The highest BCUT2D eigenvalue weighted by molar-refractivity contribution is 7.07. The molecular weight excluding hydrogens is 172 g/mol. The second-order valence-electron chi connectivity index (χ2n) is 2.29. The molecule has 0 bridgehead atoms. The zero-order chi connectivity index (χ0) is 8.97. The Hall–Kier alpha value is -1.16. The maximum atomic E-state index is 11.0. The number of aryl methyl sites for hydroxylation is 1. The summed E-state index contributed by atoms with van der Waals surface area (Å²) in [4.78, 5) is 15.6. The van der Waals surface area contributed by atoms with Gasteiger partial charge in [0, 0.05) is 25.0 Å². The van der Waals surface area contributed by atoms with E-state index in [0.29, 0.717) is 6.42 Å². The van der Waals surface area contributed by atoms with Crippen molar-refractivity contribution < 1.29 is 4.79 Å². The molecule has 12 heavy (non-hydrogen) atoms. The van der Waals surface area contributed by atoms with Crippen LogP contribution in [0.15, 0.2) is 29.2 Å². The first-order valence-electron chi connectivity index (χ1n) is 3.52. The van der Waals surface area contributed by atoms with Crippen molar-refractivity contribution in [3.05, 3.63) is 29.0 Å². The van der Waals surface area contributed by atoms with Gasteiger partial charge in [-0.1, -0.05) is 6.08 Å². The van der Waals surface area contributed by atoms with Crippen molar-refractivity contribution >= 4 is 17.2 Å². The van der Waals surface area contributed by atoms with Crippen molar-refractivity contribution in [1.29, 1.82) is 0 Å². The molecule has 0 radical (unpaired) electrons. The average molecular weight is 182 g/mol. The van der Waals surface area contributed by atoms with Crippen LogP contribution in [0.2, 0.25) is 0 Å². The third-order valence-electron chi connectivity index (χ3n) is 1.30. The first-order valence-corrected chi connectivity index (χ1v) is 4.40. The number of thiazole rings is 1. The van der Waals surface area contributed by atoms with Gasteiger partial charge in [0.15, 0.2) is 4.80 Å². The van der Waals surface area contributed by atoms with Crippen LogP contribution >= 0.6 is 11.3 Å². The third-order valence-corrected chi connectivity index (χ3v) is 2.15. The van der Waals surface area contributed by atoms with Gasteiger partial charge in [-0.25, -0.2) is 0 Å². The molecule has 0 N–H and O–H groups in total. The topological polar surface area (TPSA) is 34.4 Å². The highest BCUT2D eigenvalue weighted by Crippen LogP contribution is 1.88. The van der Waals surface area contributed by atoms with Crippen LogP contribution in [-0.4, -0.2) is 10.5 Å². The minimum absolute atomic E-state index is 0.150. The molecule has 3 nitrogen and oxygen atoms in total. The van der Waals surface area contributed by atoms with Gasteiger partial charge < -0.3 is 4.57 Å². The molecule has 0 spiro atoms. The predicted molar refractivity (Wildman–Crippen MR) is 48.7 cm³/mol. The minimum atomic E-state index is -0.150.